The Balaban J connectivity index is 2.37. The van der Waals surface area contributed by atoms with Crippen LogP contribution >= 0.6 is 22.6 Å². The fourth-order valence-electron chi connectivity index (χ4n) is 2.65. The van der Waals surface area contributed by atoms with Crippen molar-refractivity contribution in [2.45, 2.75) is 32.2 Å². The second-order valence-electron chi connectivity index (χ2n) is 5.57. The average Bonchev–Trinajstić information content (AvgIpc) is 2.57. The molecule has 1 aliphatic rings. The Labute approximate surface area is 133 Å². The summed E-state index contributed by atoms with van der Waals surface area (Å²) in [6.45, 7) is 5.15. The van der Waals surface area contributed by atoms with Gasteiger partial charge in [-0.15, -0.1) is 0 Å². The highest BCUT2D eigenvalue weighted by molar-refractivity contribution is 14.1. The van der Waals surface area contributed by atoms with Gasteiger partial charge in [-0.2, -0.15) is 0 Å². The molecule has 2 heterocycles. The van der Waals surface area contributed by atoms with Gasteiger partial charge in [0, 0.05) is 6.54 Å². The van der Waals surface area contributed by atoms with Gasteiger partial charge in [0.25, 0.3) is 5.56 Å². The number of aryl methyl sites for hydroxylation is 1. The van der Waals surface area contributed by atoms with Crippen molar-refractivity contribution in [1.29, 1.82) is 0 Å². The van der Waals surface area contributed by atoms with Crippen LogP contribution in [0.25, 0.3) is 0 Å². The molecule has 1 saturated heterocycles. The second kappa shape index (κ2) is 7.00. The molecule has 1 unspecified atom stereocenters. The highest BCUT2D eigenvalue weighted by Crippen LogP contribution is 2.20. The first-order valence-corrected chi connectivity index (χ1v) is 8.28. The summed E-state index contributed by atoms with van der Waals surface area (Å²) >= 11 is 2.10. The standard InChI is InChI=1S/C14H23IN4O/c1-4-6-10-12(15)14(20)17-13(16-10)11-9-18(2)7-5-8-19(11)3/h11H,4-9H2,1-3H3,(H,16,17,20). The molecule has 0 spiro atoms. The molecule has 0 aromatic carbocycles. The zero-order valence-electron chi connectivity index (χ0n) is 12.4. The highest BCUT2D eigenvalue weighted by atomic mass is 127. The minimum absolute atomic E-state index is 0.000602. The molecule has 20 heavy (non-hydrogen) atoms. The molecule has 0 aliphatic carbocycles. The number of likely N-dealkylation sites (N-methyl/N-ethyl adjacent to an activating group) is 2. The molecule has 1 aromatic heterocycles. The van der Waals surface area contributed by atoms with E-state index in [-0.39, 0.29) is 11.6 Å². The third kappa shape index (κ3) is 3.59. The van der Waals surface area contributed by atoms with Crippen molar-refractivity contribution in [2.24, 2.45) is 0 Å². The fraction of sp³-hybridized carbons (Fsp3) is 0.714. The lowest BCUT2D eigenvalue weighted by atomic mass is 10.2. The van der Waals surface area contributed by atoms with Crippen LogP contribution in [0.2, 0.25) is 0 Å². The average molecular weight is 390 g/mol. The predicted molar refractivity (Wildman–Crippen MR) is 89.1 cm³/mol. The van der Waals surface area contributed by atoms with E-state index in [0.29, 0.717) is 0 Å². The molecule has 0 radical (unpaired) electrons. The van der Waals surface area contributed by atoms with Crippen molar-refractivity contribution >= 4 is 22.6 Å². The maximum atomic E-state index is 12.1. The lowest BCUT2D eigenvalue weighted by molar-refractivity contribution is 0.219. The lowest BCUT2D eigenvalue weighted by Crippen LogP contribution is -2.34. The molecule has 0 amide bonds. The van der Waals surface area contributed by atoms with E-state index in [1.807, 2.05) is 0 Å². The number of halogens is 1. The van der Waals surface area contributed by atoms with Crippen LogP contribution in [0.1, 0.15) is 37.3 Å². The Hall–Kier alpha value is -0.470. The maximum Gasteiger partial charge on any atom is 0.264 e. The monoisotopic (exact) mass is 390 g/mol. The van der Waals surface area contributed by atoms with Gasteiger partial charge in [0.1, 0.15) is 5.82 Å². The third-order valence-electron chi connectivity index (χ3n) is 3.82. The van der Waals surface area contributed by atoms with Crippen molar-refractivity contribution in [3.05, 3.63) is 25.4 Å². The molecule has 1 fully saturated rings. The van der Waals surface area contributed by atoms with Gasteiger partial charge in [0.15, 0.2) is 0 Å². The van der Waals surface area contributed by atoms with Crippen LogP contribution < -0.4 is 5.56 Å². The molecule has 2 rings (SSSR count). The smallest absolute Gasteiger partial charge is 0.264 e. The zero-order valence-corrected chi connectivity index (χ0v) is 14.6. The summed E-state index contributed by atoms with van der Waals surface area (Å²) in [4.78, 5) is 24.4. The van der Waals surface area contributed by atoms with E-state index in [0.717, 1.165) is 54.0 Å². The first-order chi connectivity index (χ1) is 9.52. The van der Waals surface area contributed by atoms with Gasteiger partial charge in [-0.1, -0.05) is 13.3 Å². The van der Waals surface area contributed by atoms with Crippen LogP contribution in [0.5, 0.6) is 0 Å². The number of H-pyrrole nitrogens is 1. The number of aromatic nitrogens is 2. The quantitative estimate of drug-likeness (QED) is 0.798. The second-order valence-corrected chi connectivity index (χ2v) is 6.65. The third-order valence-corrected chi connectivity index (χ3v) is 4.93. The Bertz CT molecular complexity index is 516. The number of aromatic amines is 1. The summed E-state index contributed by atoms with van der Waals surface area (Å²) in [6, 6.07) is 0.169. The molecule has 1 aromatic rings. The lowest BCUT2D eigenvalue weighted by Gasteiger charge is -2.26. The van der Waals surface area contributed by atoms with E-state index in [1.165, 1.54) is 0 Å². The van der Waals surface area contributed by atoms with Crippen molar-refractivity contribution in [3.63, 3.8) is 0 Å². The summed E-state index contributed by atoms with van der Waals surface area (Å²) in [5.41, 5.74) is 0.937. The normalized spacial score (nSPS) is 21.9. The molecular formula is C14H23IN4O. The van der Waals surface area contributed by atoms with Gasteiger partial charge >= 0.3 is 0 Å². The zero-order chi connectivity index (χ0) is 14.7. The van der Waals surface area contributed by atoms with Gasteiger partial charge in [-0.05, 0) is 62.6 Å². The molecular weight excluding hydrogens is 367 g/mol. The first kappa shape index (κ1) is 15.9. The van der Waals surface area contributed by atoms with E-state index >= 15 is 0 Å². The van der Waals surface area contributed by atoms with E-state index in [2.05, 4.69) is 58.4 Å². The van der Waals surface area contributed by atoms with Gasteiger partial charge in [0.05, 0.1) is 15.3 Å². The van der Waals surface area contributed by atoms with Gasteiger partial charge < -0.3 is 9.88 Å². The molecule has 1 aliphatic heterocycles. The maximum absolute atomic E-state index is 12.1. The van der Waals surface area contributed by atoms with Crippen LogP contribution in [0.3, 0.4) is 0 Å². The number of nitrogens with zero attached hydrogens (tertiary/aromatic N) is 3. The predicted octanol–water partition coefficient (Wildman–Crippen LogP) is 1.64. The van der Waals surface area contributed by atoms with E-state index in [9.17, 15) is 4.79 Å². The van der Waals surface area contributed by atoms with Crippen molar-refractivity contribution in [2.75, 3.05) is 33.7 Å². The highest BCUT2D eigenvalue weighted by Gasteiger charge is 2.25. The Morgan fingerprint density at radius 1 is 1.40 bits per heavy atom. The minimum Gasteiger partial charge on any atom is -0.308 e. The fourth-order valence-corrected chi connectivity index (χ4v) is 3.18. The van der Waals surface area contributed by atoms with Crippen molar-refractivity contribution in [1.82, 2.24) is 19.8 Å². The summed E-state index contributed by atoms with van der Waals surface area (Å²) in [5, 5.41) is 0. The first-order valence-electron chi connectivity index (χ1n) is 7.20. The van der Waals surface area contributed by atoms with Crippen LogP contribution in [-0.2, 0) is 6.42 Å². The van der Waals surface area contributed by atoms with Crippen LogP contribution in [-0.4, -0.2) is 53.5 Å². The van der Waals surface area contributed by atoms with Gasteiger partial charge in [-0.3, -0.25) is 9.69 Å². The van der Waals surface area contributed by atoms with E-state index in [4.69, 9.17) is 4.98 Å². The van der Waals surface area contributed by atoms with E-state index in [1.54, 1.807) is 0 Å². The molecule has 6 heteroatoms. The van der Waals surface area contributed by atoms with Gasteiger partial charge in [0.2, 0.25) is 0 Å². The molecule has 112 valence electrons. The number of rotatable bonds is 3. The summed E-state index contributed by atoms with van der Waals surface area (Å²) in [7, 11) is 4.24. The number of nitrogens with one attached hydrogen (secondary N) is 1. The van der Waals surface area contributed by atoms with Crippen LogP contribution in [0.4, 0.5) is 0 Å². The Kier molecular flexibility index (Phi) is 5.57. The van der Waals surface area contributed by atoms with Crippen molar-refractivity contribution in [3.8, 4) is 0 Å². The minimum atomic E-state index is -0.000602. The van der Waals surface area contributed by atoms with Crippen LogP contribution in [0, 0.1) is 3.57 Å². The van der Waals surface area contributed by atoms with Gasteiger partial charge in [-0.25, -0.2) is 4.98 Å². The topological polar surface area (TPSA) is 52.2 Å². The largest absolute Gasteiger partial charge is 0.308 e. The summed E-state index contributed by atoms with van der Waals surface area (Å²) in [6.07, 6.45) is 3.02. The SMILES string of the molecule is CCCc1nc(C2CN(C)CCCN2C)[nH]c(=O)c1I. The van der Waals surface area contributed by atoms with Crippen LogP contribution in [0.15, 0.2) is 4.79 Å². The molecule has 1 atom stereocenters. The molecule has 5 nitrogen and oxygen atoms in total. The Morgan fingerprint density at radius 2 is 2.15 bits per heavy atom. The summed E-state index contributed by atoms with van der Waals surface area (Å²) < 4.78 is 0.734. The summed E-state index contributed by atoms with van der Waals surface area (Å²) in [5.74, 6) is 0.815. The molecule has 1 N–H and O–H groups in total. The van der Waals surface area contributed by atoms with Crippen molar-refractivity contribution < 1.29 is 0 Å². The Morgan fingerprint density at radius 3 is 2.85 bits per heavy atom. The number of hydrogen-bond acceptors (Lipinski definition) is 4. The molecule has 0 saturated carbocycles. The number of hydrogen-bond donors (Lipinski definition) is 1. The molecule has 0 bridgehead atoms. The van der Waals surface area contributed by atoms with E-state index < -0.39 is 0 Å².